The second-order valence-corrected chi connectivity index (χ2v) is 6.38. The average molecular weight is 263 g/mol. The molecule has 1 aromatic rings. The molecule has 2 bridgehead atoms. The summed E-state index contributed by atoms with van der Waals surface area (Å²) >= 11 is 0. The maximum atomic E-state index is 5.36. The predicted octanol–water partition coefficient (Wildman–Crippen LogP) is 2.43. The van der Waals surface area contributed by atoms with Crippen molar-refractivity contribution in [2.24, 2.45) is 0 Å². The van der Waals surface area contributed by atoms with Crippen molar-refractivity contribution in [2.75, 3.05) is 13.1 Å². The van der Waals surface area contributed by atoms with Gasteiger partial charge in [-0.2, -0.15) is 0 Å². The van der Waals surface area contributed by atoms with Crippen LogP contribution < -0.4 is 0 Å². The van der Waals surface area contributed by atoms with Crippen molar-refractivity contribution < 1.29 is 4.52 Å². The fraction of sp³-hybridized carbons (Fsp3) is 0.800. The number of hydrogen-bond acceptors (Lipinski definition) is 4. The lowest BCUT2D eigenvalue weighted by Gasteiger charge is -2.32. The van der Waals surface area contributed by atoms with E-state index < -0.39 is 0 Å². The van der Waals surface area contributed by atoms with Gasteiger partial charge >= 0.3 is 0 Å². The second-order valence-electron chi connectivity index (χ2n) is 6.38. The standard InChI is InChI=1S/C15H25N3O/c1-11(2)18-13-4-5-14(18)9-17(7-6-13)10-15-8-12(3)16-19-15/h8,11,13-14H,4-7,9-10H2,1-3H3. The topological polar surface area (TPSA) is 32.5 Å². The monoisotopic (exact) mass is 263 g/mol. The van der Waals surface area contributed by atoms with E-state index in [2.05, 4.69) is 34.9 Å². The summed E-state index contributed by atoms with van der Waals surface area (Å²) in [7, 11) is 0. The molecular weight excluding hydrogens is 238 g/mol. The van der Waals surface area contributed by atoms with Gasteiger partial charge in [-0.15, -0.1) is 0 Å². The van der Waals surface area contributed by atoms with Gasteiger partial charge in [0.15, 0.2) is 5.76 Å². The Balaban J connectivity index is 1.67. The van der Waals surface area contributed by atoms with Gasteiger partial charge in [0.1, 0.15) is 0 Å². The highest BCUT2D eigenvalue weighted by atomic mass is 16.5. The van der Waals surface area contributed by atoms with Crippen molar-refractivity contribution in [1.29, 1.82) is 0 Å². The minimum Gasteiger partial charge on any atom is -0.360 e. The third-order valence-corrected chi connectivity index (χ3v) is 4.58. The zero-order chi connectivity index (χ0) is 13.4. The molecule has 0 radical (unpaired) electrons. The molecule has 106 valence electrons. The molecule has 19 heavy (non-hydrogen) atoms. The maximum absolute atomic E-state index is 5.36. The van der Waals surface area contributed by atoms with Gasteiger partial charge in [-0.25, -0.2) is 0 Å². The van der Waals surface area contributed by atoms with Gasteiger partial charge in [-0.1, -0.05) is 5.16 Å². The van der Waals surface area contributed by atoms with Crippen LogP contribution >= 0.6 is 0 Å². The quantitative estimate of drug-likeness (QED) is 0.838. The number of nitrogens with zero attached hydrogens (tertiary/aromatic N) is 3. The first kappa shape index (κ1) is 13.1. The normalized spacial score (nSPS) is 29.1. The third-order valence-electron chi connectivity index (χ3n) is 4.58. The van der Waals surface area contributed by atoms with E-state index in [1.54, 1.807) is 0 Å². The van der Waals surface area contributed by atoms with Crippen molar-refractivity contribution in [3.63, 3.8) is 0 Å². The van der Waals surface area contributed by atoms with Crippen LogP contribution in [-0.2, 0) is 6.54 Å². The fourth-order valence-corrected chi connectivity index (χ4v) is 3.88. The first-order valence-electron chi connectivity index (χ1n) is 7.55. The van der Waals surface area contributed by atoms with Gasteiger partial charge in [-0.3, -0.25) is 9.80 Å². The minimum absolute atomic E-state index is 0.671. The summed E-state index contributed by atoms with van der Waals surface area (Å²) < 4.78 is 5.36. The Bertz CT molecular complexity index is 429. The molecule has 4 nitrogen and oxygen atoms in total. The third kappa shape index (κ3) is 2.70. The van der Waals surface area contributed by atoms with Crippen molar-refractivity contribution >= 4 is 0 Å². The van der Waals surface area contributed by atoms with Crippen LogP contribution in [0.1, 0.15) is 44.6 Å². The van der Waals surface area contributed by atoms with Gasteiger partial charge in [-0.05, 0) is 40.0 Å². The Kier molecular flexibility index (Phi) is 3.63. The molecule has 0 spiro atoms. The van der Waals surface area contributed by atoms with Gasteiger partial charge in [0.05, 0.1) is 12.2 Å². The SMILES string of the molecule is Cc1cc(CN2CCC3CCC(C2)N3C(C)C)on1. The van der Waals surface area contributed by atoms with E-state index in [0.717, 1.165) is 30.1 Å². The zero-order valence-electron chi connectivity index (χ0n) is 12.3. The van der Waals surface area contributed by atoms with Crippen LogP contribution in [0.5, 0.6) is 0 Å². The number of rotatable bonds is 3. The summed E-state index contributed by atoms with van der Waals surface area (Å²) in [6, 6.07) is 4.26. The summed E-state index contributed by atoms with van der Waals surface area (Å²) in [5.74, 6) is 1.01. The zero-order valence-corrected chi connectivity index (χ0v) is 12.3. The van der Waals surface area contributed by atoms with Crippen molar-refractivity contribution in [3.05, 3.63) is 17.5 Å². The van der Waals surface area contributed by atoms with E-state index in [9.17, 15) is 0 Å². The van der Waals surface area contributed by atoms with Gasteiger partial charge < -0.3 is 4.52 Å². The van der Waals surface area contributed by atoms with Crippen LogP contribution in [0, 0.1) is 6.92 Å². The molecule has 3 heterocycles. The predicted molar refractivity (Wildman–Crippen MR) is 74.9 cm³/mol. The van der Waals surface area contributed by atoms with Crippen molar-refractivity contribution in [2.45, 2.75) is 64.7 Å². The molecule has 4 heteroatoms. The molecule has 2 unspecified atom stereocenters. The lowest BCUT2D eigenvalue weighted by Crippen LogP contribution is -2.43. The number of fused-ring (bicyclic) bond motifs is 2. The van der Waals surface area contributed by atoms with E-state index in [4.69, 9.17) is 4.52 Å². The van der Waals surface area contributed by atoms with Gasteiger partial charge in [0.25, 0.3) is 0 Å². The Morgan fingerprint density at radius 3 is 2.79 bits per heavy atom. The highest BCUT2D eigenvalue weighted by molar-refractivity contribution is 5.04. The lowest BCUT2D eigenvalue weighted by atomic mass is 10.1. The number of aryl methyl sites for hydroxylation is 1. The Hall–Kier alpha value is -0.870. The largest absolute Gasteiger partial charge is 0.360 e. The molecule has 0 saturated carbocycles. The molecule has 1 aromatic heterocycles. The molecule has 2 aliphatic heterocycles. The van der Waals surface area contributed by atoms with Crippen LogP contribution in [0.4, 0.5) is 0 Å². The highest BCUT2D eigenvalue weighted by Gasteiger charge is 2.38. The number of hydrogen-bond donors (Lipinski definition) is 0. The molecular formula is C15H25N3O. The Morgan fingerprint density at radius 1 is 1.32 bits per heavy atom. The van der Waals surface area contributed by atoms with Crippen molar-refractivity contribution in [1.82, 2.24) is 15.0 Å². The maximum Gasteiger partial charge on any atom is 0.150 e. The van der Waals surface area contributed by atoms with E-state index in [0.29, 0.717) is 6.04 Å². The summed E-state index contributed by atoms with van der Waals surface area (Å²) in [6.07, 6.45) is 4.04. The molecule has 2 atom stereocenters. The molecule has 2 aliphatic rings. The smallest absolute Gasteiger partial charge is 0.150 e. The number of aromatic nitrogens is 1. The minimum atomic E-state index is 0.671. The van der Waals surface area contributed by atoms with E-state index in [1.165, 1.54) is 32.4 Å². The molecule has 2 fully saturated rings. The molecule has 0 amide bonds. The van der Waals surface area contributed by atoms with Gasteiger partial charge in [0, 0.05) is 37.3 Å². The summed E-state index contributed by atoms with van der Waals surface area (Å²) in [5, 5.41) is 3.98. The fourth-order valence-electron chi connectivity index (χ4n) is 3.88. The van der Waals surface area contributed by atoms with E-state index in [1.807, 2.05) is 6.92 Å². The summed E-state index contributed by atoms with van der Waals surface area (Å²) in [5.41, 5.74) is 0.982. The van der Waals surface area contributed by atoms with E-state index >= 15 is 0 Å². The van der Waals surface area contributed by atoms with Crippen LogP contribution in [0.3, 0.4) is 0 Å². The number of likely N-dealkylation sites (tertiary alicyclic amines) is 1. The summed E-state index contributed by atoms with van der Waals surface area (Å²) in [4.78, 5) is 5.28. The lowest BCUT2D eigenvalue weighted by molar-refractivity contribution is 0.142. The van der Waals surface area contributed by atoms with Crippen LogP contribution in [-0.4, -0.2) is 46.2 Å². The molecule has 0 aliphatic carbocycles. The average Bonchev–Trinajstić information content (AvgIpc) is 2.86. The van der Waals surface area contributed by atoms with E-state index in [-0.39, 0.29) is 0 Å². The Labute approximate surface area is 115 Å². The molecule has 3 rings (SSSR count). The Morgan fingerprint density at radius 2 is 2.11 bits per heavy atom. The first-order chi connectivity index (χ1) is 9.13. The molecule has 0 aromatic carbocycles. The van der Waals surface area contributed by atoms with Gasteiger partial charge in [0.2, 0.25) is 0 Å². The summed E-state index contributed by atoms with van der Waals surface area (Å²) in [6.45, 7) is 9.92. The molecule has 0 N–H and O–H groups in total. The van der Waals surface area contributed by atoms with Crippen LogP contribution in [0.25, 0.3) is 0 Å². The second kappa shape index (κ2) is 5.25. The first-order valence-corrected chi connectivity index (χ1v) is 7.55. The van der Waals surface area contributed by atoms with Crippen LogP contribution in [0.15, 0.2) is 10.6 Å². The molecule has 2 saturated heterocycles. The highest BCUT2D eigenvalue weighted by Crippen LogP contribution is 2.32. The van der Waals surface area contributed by atoms with Crippen molar-refractivity contribution in [3.8, 4) is 0 Å². The van der Waals surface area contributed by atoms with Crippen LogP contribution in [0.2, 0.25) is 0 Å².